The number of benzene rings is 1. The van der Waals surface area contributed by atoms with Gasteiger partial charge in [0.15, 0.2) is 6.29 Å². The number of amides is 3. The zero-order valence-electron chi connectivity index (χ0n) is 24.0. The van der Waals surface area contributed by atoms with Gasteiger partial charge in [-0.15, -0.1) is 0 Å². The average Bonchev–Trinajstić information content (AvgIpc) is 3.38. The SMILES string of the molecule is CC(C(=O)Nc1ccc(C2(NC(=O)[C@@H](NC(=O)OC(C)(C)C)C3CCCCC3)CCC2)cc1)n1cccc1C=O. The van der Waals surface area contributed by atoms with Gasteiger partial charge in [0.05, 0.1) is 11.2 Å². The normalized spacial score (nSPS) is 18.5. The fourth-order valence-corrected chi connectivity index (χ4v) is 5.73. The Bertz CT molecular complexity index is 1200. The molecule has 2 aromatic rings. The summed E-state index contributed by atoms with van der Waals surface area (Å²) < 4.78 is 7.11. The lowest BCUT2D eigenvalue weighted by Crippen LogP contribution is -2.59. The third-order valence-corrected chi connectivity index (χ3v) is 8.08. The number of rotatable bonds is 9. The molecule has 0 spiro atoms. The Morgan fingerprint density at radius 3 is 2.25 bits per heavy atom. The highest BCUT2D eigenvalue weighted by Crippen LogP contribution is 2.42. The van der Waals surface area contributed by atoms with E-state index in [1.54, 1.807) is 50.6 Å². The summed E-state index contributed by atoms with van der Waals surface area (Å²) in [6, 6.07) is 9.72. The highest BCUT2D eigenvalue weighted by atomic mass is 16.6. The monoisotopic (exact) mass is 550 g/mol. The predicted molar refractivity (Wildman–Crippen MR) is 153 cm³/mol. The molecule has 1 heterocycles. The van der Waals surface area contributed by atoms with E-state index in [1.807, 2.05) is 24.3 Å². The van der Waals surface area contributed by atoms with Gasteiger partial charge in [-0.2, -0.15) is 0 Å². The molecule has 3 amide bonds. The number of carbonyl (C=O) groups is 4. The minimum absolute atomic E-state index is 0.0676. The van der Waals surface area contributed by atoms with E-state index in [0.717, 1.165) is 63.2 Å². The molecule has 2 atom stereocenters. The topological polar surface area (TPSA) is 119 Å². The molecule has 0 radical (unpaired) electrons. The lowest BCUT2D eigenvalue weighted by molar-refractivity contribution is -0.128. The molecule has 2 saturated carbocycles. The number of ether oxygens (including phenoxy) is 1. The Hall–Kier alpha value is -3.62. The van der Waals surface area contributed by atoms with Crippen molar-refractivity contribution in [2.45, 2.75) is 102 Å². The Morgan fingerprint density at radius 1 is 1.00 bits per heavy atom. The number of hydrogen-bond donors (Lipinski definition) is 3. The van der Waals surface area contributed by atoms with Gasteiger partial charge in [0.25, 0.3) is 0 Å². The molecular weight excluding hydrogens is 508 g/mol. The second-order valence-corrected chi connectivity index (χ2v) is 12.1. The lowest BCUT2D eigenvalue weighted by atomic mass is 9.71. The van der Waals surface area contributed by atoms with Crippen molar-refractivity contribution in [3.05, 3.63) is 53.9 Å². The number of carbonyl (C=O) groups excluding carboxylic acids is 4. The molecule has 40 heavy (non-hydrogen) atoms. The third-order valence-electron chi connectivity index (χ3n) is 8.08. The van der Waals surface area contributed by atoms with E-state index in [0.29, 0.717) is 11.4 Å². The highest BCUT2D eigenvalue weighted by Gasteiger charge is 2.43. The highest BCUT2D eigenvalue weighted by molar-refractivity contribution is 5.94. The standard InChI is InChI=1S/C31H42N4O5/c1-21(35-19-8-12-25(35)20-36)27(37)32-24-15-13-23(14-16-24)31(17-9-18-31)34-28(38)26(22-10-6-5-7-11-22)33-29(39)40-30(2,3)4/h8,12-16,19-22,26H,5-7,9-11,17-18H2,1-4H3,(H,32,37)(H,33,39)(H,34,38)/t21?,26-/m0/s1. The van der Waals surface area contributed by atoms with Crippen LogP contribution in [0.15, 0.2) is 42.6 Å². The molecule has 216 valence electrons. The van der Waals surface area contributed by atoms with Gasteiger partial charge in [-0.05, 0) is 95.5 Å². The molecule has 2 fully saturated rings. The van der Waals surface area contributed by atoms with Crippen LogP contribution in [0.4, 0.5) is 10.5 Å². The second kappa shape index (κ2) is 12.3. The van der Waals surface area contributed by atoms with Crippen molar-refractivity contribution in [3.63, 3.8) is 0 Å². The van der Waals surface area contributed by atoms with Crippen LogP contribution in [0.2, 0.25) is 0 Å². The van der Waals surface area contributed by atoms with Gasteiger partial charge in [0.1, 0.15) is 17.7 Å². The summed E-state index contributed by atoms with van der Waals surface area (Å²) in [5.74, 6) is -0.346. The maximum absolute atomic E-state index is 13.7. The molecular formula is C31H42N4O5. The van der Waals surface area contributed by atoms with E-state index >= 15 is 0 Å². The maximum atomic E-state index is 13.7. The van der Waals surface area contributed by atoms with Gasteiger partial charge in [-0.1, -0.05) is 31.4 Å². The number of aldehydes is 1. The summed E-state index contributed by atoms with van der Waals surface area (Å²) >= 11 is 0. The zero-order valence-corrected chi connectivity index (χ0v) is 24.0. The quantitative estimate of drug-likeness (QED) is 0.358. The van der Waals surface area contributed by atoms with Crippen LogP contribution in [0.25, 0.3) is 0 Å². The molecule has 0 aliphatic heterocycles. The summed E-state index contributed by atoms with van der Waals surface area (Å²) in [7, 11) is 0. The summed E-state index contributed by atoms with van der Waals surface area (Å²) in [4.78, 5) is 50.4. The molecule has 1 aromatic carbocycles. The van der Waals surface area contributed by atoms with E-state index in [1.165, 1.54) is 0 Å². The van der Waals surface area contributed by atoms with Gasteiger partial charge in [0, 0.05) is 11.9 Å². The molecule has 2 aliphatic carbocycles. The van der Waals surface area contributed by atoms with Crippen LogP contribution in [0.3, 0.4) is 0 Å². The van der Waals surface area contributed by atoms with Gasteiger partial charge >= 0.3 is 6.09 Å². The first-order valence-corrected chi connectivity index (χ1v) is 14.4. The van der Waals surface area contributed by atoms with E-state index in [9.17, 15) is 19.2 Å². The van der Waals surface area contributed by atoms with Crippen molar-refractivity contribution in [3.8, 4) is 0 Å². The number of anilines is 1. The summed E-state index contributed by atoms with van der Waals surface area (Å²) in [5.41, 5.74) is 0.868. The Kier molecular flexibility index (Phi) is 9.01. The number of nitrogens with zero attached hydrogens (tertiary/aromatic N) is 1. The smallest absolute Gasteiger partial charge is 0.408 e. The molecule has 9 nitrogen and oxygen atoms in total. The van der Waals surface area contributed by atoms with E-state index in [4.69, 9.17) is 4.74 Å². The van der Waals surface area contributed by atoms with Crippen molar-refractivity contribution in [2.24, 2.45) is 5.92 Å². The molecule has 1 aromatic heterocycles. The van der Waals surface area contributed by atoms with E-state index in [-0.39, 0.29) is 17.7 Å². The molecule has 9 heteroatoms. The lowest BCUT2D eigenvalue weighted by Gasteiger charge is -2.44. The van der Waals surface area contributed by atoms with Gasteiger partial charge < -0.3 is 25.3 Å². The molecule has 3 N–H and O–H groups in total. The Balaban J connectivity index is 1.45. The maximum Gasteiger partial charge on any atom is 0.408 e. The first kappa shape index (κ1) is 29.4. The molecule has 4 rings (SSSR count). The number of alkyl carbamates (subject to hydrolysis) is 1. The third kappa shape index (κ3) is 6.92. The number of aromatic nitrogens is 1. The van der Waals surface area contributed by atoms with Crippen LogP contribution in [-0.4, -0.2) is 40.4 Å². The van der Waals surface area contributed by atoms with Gasteiger partial charge in [-0.3, -0.25) is 14.4 Å². The second-order valence-electron chi connectivity index (χ2n) is 12.1. The Morgan fingerprint density at radius 2 is 1.68 bits per heavy atom. The minimum atomic E-state index is -0.655. The van der Waals surface area contributed by atoms with Crippen molar-refractivity contribution < 1.29 is 23.9 Å². The van der Waals surface area contributed by atoms with Gasteiger partial charge in [-0.25, -0.2) is 4.79 Å². The van der Waals surface area contributed by atoms with Crippen LogP contribution in [0.5, 0.6) is 0 Å². The van der Waals surface area contributed by atoms with Crippen LogP contribution in [-0.2, 0) is 19.9 Å². The van der Waals surface area contributed by atoms with Gasteiger partial charge in [0.2, 0.25) is 11.8 Å². The minimum Gasteiger partial charge on any atom is -0.444 e. The predicted octanol–water partition coefficient (Wildman–Crippen LogP) is 5.47. The first-order valence-electron chi connectivity index (χ1n) is 14.4. The molecule has 0 bridgehead atoms. The van der Waals surface area contributed by atoms with Crippen LogP contribution < -0.4 is 16.0 Å². The largest absolute Gasteiger partial charge is 0.444 e. The van der Waals surface area contributed by atoms with Crippen LogP contribution in [0.1, 0.15) is 101 Å². The average molecular weight is 551 g/mol. The molecule has 0 saturated heterocycles. The molecule has 1 unspecified atom stereocenters. The van der Waals surface area contributed by atoms with Crippen molar-refractivity contribution >= 4 is 29.9 Å². The van der Waals surface area contributed by atoms with Crippen molar-refractivity contribution in [2.75, 3.05) is 5.32 Å². The number of nitrogens with one attached hydrogen (secondary N) is 3. The Labute approximate surface area is 236 Å². The summed E-state index contributed by atoms with van der Waals surface area (Å²) in [6.45, 7) is 7.16. The fourth-order valence-electron chi connectivity index (χ4n) is 5.73. The first-order chi connectivity index (χ1) is 19.0. The van der Waals surface area contributed by atoms with Crippen molar-refractivity contribution in [1.29, 1.82) is 0 Å². The van der Waals surface area contributed by atoms with E-state index in [2.05, 4.69) is 16.0 Å². The van der Waals surface area contributed by atoms with Crippen molar-refractivity contribution in [1.82, 2.24) is 15.2 Å². The molecule has 2 aliphatic rings. The number of hydrogen-bond acceptors (Lipinski definition) is 5. The van der Waals surface area contributed by atoms with Crippen LogP contribution >= 0.6 is 0 Å². The fraction of sp³-hybridized carbons (Fsp3) is 0.548. The van der Waals surface area contributed by atoms with Crippen LogP contribution in [0, 0.1) is 5.92 Å². The summed E-state index contributed by atoms with van der Waals surface area (Å²) in [6.07, 6.45) is 9.47. The summed E-state index contributed by atoms with van der Waals surface area (Å²) in [5, 5.41) is 9.08. The van der Waals surface area contributed by atoms with E-state index < -0.39 is 29.3 Å². The zero-order chi connectivity index (χ0) is 28.9.